The first kappa shape index (κ1) is 20.2. The topological polar surface area (TPSA) is 118 Å². The third kappa shape index (κ3) is 5.04. The van der Waals surface area contributed by atoms with Crippen LogP contribution in [0.3, 0.4) is 0 Å². The molecule has 0 bridgehead atoms. The van der Waals surface area contributed by atoms with Gasteiger partial charge in [-0.2, -0.15) is 8.42 Å². The van der Waals surface area contributed by atoms with Crippen LogP contribution in [0.2, 0.25) is 0 Å². The number of carbonyl (C=O) groups excluding carboxylic acids is 1. The molecule has 0 fully saturated rings. The van der Waals surface area contributed by atoms with Crippen LogP contribution in [0.15, 0.2) is 54.6 Å². The molecule has 10 heteroatoms. The lowest BCUT2D eigenvalue weighted by atomic mass is 10.1. The van der Waals surface area contributed by atoms with E-state index in [2.05, 4.69) is 15.6 Å². The van der Waals surface area contributed by atoms with Gasteiger partial charge in [0.05, 0.1) is 17.3 Å². The fourth-order valence-corrected chi connectivity index (χ4v) is 4.20. The molecule has 28 heavy (non-hydrogen) atoms. The lowest BCUT2D eigenvalue weighted by molar-refractivity contribution is -0.143. The number of ether oxygens (including phenoxy) is 1. The van der Waals surface area contributed by atoms with Crippen molar-refractivity contribution in [1.82, 2.24) is 10.3 Å². The molecule has 1 heterocycles. The van der Waals surface area contributed by atoms with Gasteiger partial charge >= 0.3 is 5.97 Å². The Kier molecular flexibility index (Phi) is 6.25. The number of esters is 1. The highest BCUT2D eigenvalue weighted by molar-refractivity contribution is 7.86. The van der Waals surface area contributed by atoms with Gasteiger partial charge in [-0.3, -0.25) is 14.7 Å². The summed E-state index contributed by atoms with van der Waals surface area (Å²) < 4.78 is 39.1. The zero-order chi connectivity index (χ0) is 20.1. The molecule has 3 rings (SSSR count). The second kappa shape index (κ2) is 8.65. The summed E-state index contributed by atoms with van der Waals surface area (Å²) >= 11 is 1.23. The molecule has 1 aromatic heterocycles. The van der Waals surface area contributed by atoms with Crippen molar-refractivity contribution >= 4 is 42.8 Å². The van der Waals surface area contributed by atoms with Gasteiger partial charge in [0.25, 0.3) is 10.1 Å². The summed E-state index contributed by atoms with van der Waals surface area (Å²) in [5.41, 5.74) is -0.141. The Morgan fingerprint density at radius 1 is 1.18 bits per heavy atom. The minimum atomic E-state index is -4.59. The van der Waals surface area contributed by atoms with Gasteiger partial charge in [0, 0.05) is 0 Å². The molecule has 0 saturated heterocycles. The number of carbonyl (C=O) groups is 1. The van der Waals surface area contributed by atoms with E-state index in [1.807, 2.05) is 36.4 Å². The third-order valence-corrected chi connectivity index (χ3v) is 5.78. The highest BCUT2D eigenvalue weighted by atomic mass is 32.2. The van der Waals surface area contributed by atoms with Crippen LogP contribution in [0, 0.1) is 0 Å². The number of aromatic nitrogens is 1. The third-order valence-electron chi connectivity index (χ3n) is 3.97. The Labute approximate surface area is 166 Å². The van der Waals surface area contributed by atoms with E-state index in [0.29, 0.717) is 10.6 Å². The molecular weight excluding hydrogens is 402 g/mol. The highest BCUT2D eigenvalue weighted by Gasteiger charge is 2.31. The Bertz CT molecular complexity index is 1020. The Hall–Kier alpha value is -2.53. The van der Waals surface area contributed by atoms with Crippen LogP contribution >= 0.6 is 11.3 Å². The zero-order valence-electron chi connectivity index (χ0n) is 14.9. The number of thiazole rings is 1. The Morgan fingerprint density at radius 2 is 1.86 bits per heavy atom. The quantitative estimate of drug-likeness (QED) is 0.288. The summed E-state index contributed by atoms with van der Waals surface area (Å²) in [5.74, 6) is -0.649. The molecule has 0 spiro atoms. The van der Waals surface area contributed by atoms with Gasteiger partial charge in [-0.05, 0) is 24.1 Å². The maximum absolute atomic E-state index is 12.2. The van der Waals surface area contributed by atoms with Crippen LogP contribution in [0.1, 0.15) is 5.56 Å². The molecule has 8 nitrogen and oxygen atoms in total. The molecule has 2 aromatic carbocycles. The van der Waals surface area contributed by atoms with Gasteiger partial charge in [-0.1, -0.05) is 53.8 Å². The summed E-state index contributed by atoms with van der Waals surface area (Å²) in [7, 11) is -3.38. The van der Waals surface area contributed by atoms with Gasteiger partial charge < -0.3 is 10.1 Å². The number of methoxy groups -OCH3 is 1. The van der Waals surface area contributed by atoms with E-state index in [4.69, 9.17) is 4.74 Å². The van der Waals surface area contributed by atoms with Crippen molar-refractivity contribution in [2.45, 2.75) is 18.0 Å². The van der Waals surface area contributed by atoms with Gasteiger partial charge in [0.1, 0.15) is 6.04 Å². The smallest absolute Gasteiger partial charge is 0.323 e. The molecule has 2 unspecified atom stereocenters. The summed E-state index contributed by atoms with van der Waals surface area (Å²) in [6.07, 6.45) is 0.182. The number of benzene rings is 2. The Balaban J connectivity index is 1.83. The normalized spacial score (nSPS) is 13.8. The van der Waals surface area contributed by atoms with E-state index >= 15 is 0 Å². The summed E-state index contributed by atoms with van der Waals surface area (Å²) in [6, 6.07) is 15.4. The van der Waals surface area contributed by atoms with Crippen molar-refractivity contribution in [2.75, 3.05) is 12.4 Å². The fourth-order valence-electron chi connectivity index (χ4n) is 2.63. The predicted molar refractivity (Wildman–Crippen MR) is 108 cm³/mol. The minimum absolute atomic E-state index is 0.182. The van der Waals surface area contributed by atoms with Gasteiger partial charge in [-0.25, -0.2) is 4.98 Å². The number of para-hydroxylation sites is 1. The maximum atomic E-state index is 12.2. The maximum Gasteiger partial charge on any atom is 0.323 e. The summed E-state index contributed by atoms with van der Waals surface area (Å²) in [5, 5.41) is 5.57. The molecule has 0 aliphatic heterocycles. The van der Waals surface area contributed by atoms with E-state index in [1.54, 1.807) is 18.2 Å². The average Bonchev–Trinajstić information content (AvgIpc) is 3.08. The predicted octanol–water partition coefficient (Wildman–Crippen LogP) is 2.25. The average molecular weight is 422 g/mol. The number of nitrogens with zero attached hydrogens (tertiary/aromatic N) is 1. The SMILES string of the molecule is COC(=O)C(Cc1ccccc1)NC(Nc1nc2ccccc2s1)S(=O)(=O)O. The molecule has 0 aliphatic carbocycles. The van der Waals surface area contributed by atoms with E-state index in [9.17, 15) is 17.8 Å². The van der Waals surface area contributed by atoms with Crippen LogP contribution in [0.4, 0.5) is 5.13 Å². The number of nitrogens with one attached hydrogen (secondary N) is 2. The summed E-state index contributed by atoms with van der Waals surface area (Å²) in [4.78, 5) is 16.5. The van der Waals surface area contributed by atoms with Crippen molar-refractivity contribution in [3.05, 3.63) is 60.2 Å². The van der Waals surface area contributed by atoms with E-state index in [-0.39, 0.29) is 6.42 Å². The highest BCUT2D eigenvalue weighted by Crippen LogP contribution is 2.26. The monoisotopic (exact) mass is 421 g/mol. The van der Waals surface area contributed by atoms with Gasteiger partial charge in [0.15, 0.2) is 5.13 Å². The van der Waals surface area contributed by atoms with Gasteiger partial charge in [0.2, 0.25) is 5.50 Å². The molecule has 0 radical (unpaired) electrons. The number of anilines is 1. The molecular formula is C18H19N3O5S2. The van der Waals surface area contributed by atoms with Crippen LogP contribution < -0.4 is 10.6 Å². The molecule has 3 aromatic rings. The fraction of sp³-hybridized carbons (Fsp3) is 0.222. The van der Waals surface area contributed by atoms with Crippen LogP contribution in [-0.4, -0.2) is 42.6 Å². The standard InChI is InChI=1S/C18H19N3O5S2/c1-26-16(22)14(11-12-7-3-2-4-8-12)20-18(28(23,24)25)21-17-19-13-9-5-6-10-15(13)27-17/h2-10,14,18,20H,11H2,1H3,(H,19,21)(H,23,24,25). The minimum Gasteiger partial charge on any atom is -0.468 e. The zero-order valence-corrected chi connectivity index (χ0v) is 16.5. The number of fused-ring (bicyclic) bond motifs is 1. The van der Waals surface area contributed by atoms with Gasteiger partial charge in [-0.15, -0.1) is 0 Å². The van der Waals surface area contributed by atoms with Crippen LogP contribution in [-0.2, 0) is 26.1 Å². The molecule has 148 valence electrons. The Morgan fingerprint density at radius 3 is 2.50 bits per heavy atom. The van der Waals surface area contributed by atoms with Crippen molar-refractivity contribution in [1.29, 1.82) is 0 Å². The van der Waals surface area contributed by atoms with Crippen LogP contribution in [0.25, 0.3) is 10.2 Å². The molecule has 2 atom stereocenters. The summed E-state index contributed by atoms with van der Waals surface area (Å²) in [6.45, 7) is 0. The van der Waals surface area contributed by atoms with Crippen LogP contribution in [0.5, 0.6) is 0 Å². The van der Waals surface area contributed by atoms with E-state index in [0.717, 1.165) is 10.3 Å². The first-order valence-electron chi connectivity index (χ1n) is 8.33. The molecule has 0 amide bonds. The molecule has 0 saturated carbocycles. The largest absolute Gasteiger partial charge is 0.468 e. The first-order chi connectivity index (χ1) is 13.4. The second-order valence-corrected chi connectivity index (χ2v) is 8.49. The van der Waals surface area contributed by atoms with Crippen molar-refractivity contribution in [3.8, 4) is 0 Å². The number of hydrogen-bond acceptors (Lipinski definition) is 8. The van der Waals surface area contributed by atoms with Crippen molar-refractivity contribution in [3.63, 3.8) is 0 Å². The number of hydrogen-bond donors (Lipinski definition) is 3. The lowest BCUT2D eigenvalue weighted by Gasteiger charge is -2.23. The molecule has 3 N–H and O–H groups in total. The van der Waals surface area contributed by atoms with Crippen molar-refractivity contribution in [2.24, 2.45) is 0 Å². The van der Waals surface area contributed by atoms with Crippen molar-refractivity contribution < 1.29 is 22.5 Å². The molecule has 0 aliphatic rings. The van der Waals surface area contributed by atoms with E-state index in [1.165, 1.54) is 18.4 Å². The first-order valence-corrected chi connectivity index (χ1v) is 10.6. The number of rotatable bonds is 8. The second-order valence-electron chi connectivity index (χ2n) is 5.96. The van der Waals surface area contributed by atoms with E-state index < -0.39 is 27.6 Å². The lowest BCUT2D eigenvalue weighted by Crippen LogP contribution is -2.52.